The second-order valence-electron chi connectivity index (χ2n) is 11.9. The normalized spacial score (nSPS) is 16.2. The van der Waals surface area contributed by atoms with Crippen LogP contribution in [-0.2, 0) is 26.8 Å². The number of likely N-dealkylation sites (N-methyl/N-ethyl adjacent to an activating group) is 1. The Morgan fingerprint density at radius 1 is 0.930 bits per heavy atom. The number of ether oxygens (including phenoxy) is 1. The monoisotopic (exact) mass is 605 g/mol. The first kappa shape index (κ1) is 32.7. The van der Waals surface area contributed by atoms with Crippen LogP contribution in [0.2, 0.25) is 0 Å². The lowest BCUT2D eigenvalue weighted by atomic mass is 9.69. The van der Waals surface area contributed by atoms with Crippen molar-refractivity contribution in [2.75, 3.05) is 39.8 Å². The molecular weight excluding hydrogens is 558 g/mol. The van der Waals surface area contributed by atoms with Gasteiger partial charge in [-0.1, -0.05) is 92.7 Å². The third-order valence-electron chi connectivity index (χ3n) is 9.06. The molecule has 1 unspecified atom stereocenters. The van der Waals surface area contributed by atoms with Crippen molar-refractivity contribution in [3.63, 3.8) is 0 Å². The molecule has 1 aliphatic heterocycles. The molecule has 0 N–H and O–H groups in total. The number of likely N-dealkylation sites (tertiary alicyclic amines) is 1. The van der Waals surface area contributed by atoms with Gasteiger partial charge in [-0.2, -0.15) is 0 Å². The highest BCUT2D eigenvalue weighted by Crippen LogP contribution is 2.38. The molecule has 0 radical (unpaired) electrons. The highest BCUT2D eigenvalue weighted by Gasteiger charge is 2.40. The molecule has 1 aliphatic rings. The molecule has 1 amide bonds. The molecule has 1 heterocycles. The summed E-state index contributed by atoms with van der Waals surface area (Å²) >= 11 is 0. The van der Waals surface area contributed by atoms with E-state index in [1.54, 1.807) is 31.3 Å². The third-order valence-corrected chi connectivity index (χ3v) is 10.9. The molecule has 4 rings (SSSR count). The van der Waals surface area contributed by atoms with Gasteiger partial charge in [-0.25, -0.2) is 17.5 Å². The molecule has 3 aromatic rings. The van der Waals surface area contributed by atoms with Crippen LogP contribution in [0.5, 0.6) is 0 Å². The number of hydrogen-bond acceptors (Lipinski definition) is 5. The van der Waals surface area contributed by atoms with Crippen molar-refractivity contribution in [2.24, 2.45) is 5.92 Å². The second kappa shape index (κ2) is 15.0. The van der Waals surface area contributed by atoms with Gasteiger partial charge in [-0.3, -0.25) is 0 Å². The van der Waals surface area contributed by atoms with Crippen LogP contribution in [0.1, 0.15) is 51.2 Å². The summed E-state index contributed by atoms with van der Waals surface area (Å²) in [4.78, 5) is 17.6. The highest BCUT2D eigenvalue weighted by atomic mass is 32.2. The van der Waals surface area contributed by atoms with Crippen LogP contribution in [0.25, 0.3) is 0 Å². The van der Waals surface area contributed by atoms with E-state index in [0.717, 1.165) is 50.0 Å². The third kappa shape index (κ3) is 8.05. The van der Waals surface area contributed by atoms with Gasteiger partial charge in [0.05, 0.1) is 4.90 Å². The minimum atomic E-state index is -3.64. The average Bonchev–Trinajstić information content (AvgIpc) is 3.04. The van der Waals surface area contributed by atoms with E-state index in [1.165, 1.54) is 4.31 Å². The molecule has 1 saturated heterocycles. The van der Waals surface area contributed by atoms with Gasteiger partial charge in [0.15, 0.2) is 0 Å². The Morgan fingerprint density at radius 2 is 1.49 bits per heavy atom. The van der Waals surface area contributed by atoms with Crippen LogP contribution < -0.4 is 0 Å². The summed E-state index contributed by atoms with van der Waals surface area (Å²) in [5, 5.41) is 0. The molecule has 0 aromatic heterocycles. The number of carbonyl (C=O) groups is 1. The van der Waals surface area contributed by atoms with Crippen molar-refractivity contribution >= 4 is 16.1 Å². The largest absolute Gasteiger partial charge is 0.445 e. The Balaban J connectivity index is 1.42. The lowest BCUT2D eigenvalue weighted by Crippen LogP contribution is -2.50. The summed E-state index contributed by atoms with van der Waals surface area (Å²) in [7, 11) is -1.94. The first-order valence-corrected chi connectivity index (χ1v) is 16.9. The first-order valence-electron chi connectivity index (χ1n) is 15.4. The van der Waals surface area contributed by atoms with Gasteiger partial charge in [-0.05, 0) is 61.9 Å². The lowest BCUT2D eigenvalue weighted by Gasteiger charge is -2.43. The number of hydrogen-bond donors (Lipinski definition) is 0. The Hall–Kier alpha value is -3.20. The molecule has 1 fully saturated rings. The van der Waals surface area contributed by atoms with Gasteiger partial charge in [0.1, 0.15) is 6.61 Å². The van der Waals surface area contributed by atoms with E-state index in [4.69, 9.17) is 4.74 Å². The maximum atomic E-state index is 13.6. The van der Waals surface area contributed by atoms with Crippen LogP contribution in [0, 0.1) is 5.92 Å². The minimum absolute atomic E-state index is 0.149. The number of benzene rings is 3. The van der Waals surface area contributed by atoms with Gasteiger partial charge in [0.25, 0.3) is 0 Å². The summed E-state index contributed by atoms with van der Waals surface area (Å²) in [5.74, 6) is 0.204. The van der Waals surface area contributed by atoms with Crippen LogP contribution in [0.15, 0.2) is 95.9 Å². The van der Waals surface area contributed by atoms with Crippen LogP contribution >= 0.6 is 0 Å². The van der Waals surface area contributed by atoms with Crippen LogP contribution in [-0.4, -0.2) is 74.4 Å². The molecule has 0 bridgehead atoms. The second-order valence-corrected chi connectivity index (χ2v) is 13.9. The zero-order valence-corrected chi connectivity index (χ0v) is 26.9. The Bertz CT molecular complexity index is 1380. The summed E-state index contributed by atoms with van der Waals surface area (Å²) in [6, 6.07) is 29.0. The van der Waals surface area contributed by atoms with E-state index in [-0.39, 0.29) is 30.1 Å². The van der Waals surface area contributed by atoms with Crippen LogP contribution in [0.3, 0.4) is 0 Å². The maximum Gasteiger partial charge on any atom is 0.410 e. The van der Waals surface area contributed by atoms with Gasteiger partial charge in [-0.15, -0.1) is 0 Å². The number of nitrogens with zero attached hydrogens (tertiary/aromatic N) is 3. The molecule has 1 atom stereocenters. The maximum absolute atomic E-state index is 13.6. The van der Waals surface area contributed by atoms with E-state index in [1.807, 2.05) is 66.4 Å². The summed E-state index contributed by atoms with van der Waals surface area (Å²) in [6.07, 6.45) is 2.34. The topological polar surface area (TPSA) is 70.2 Å². The summed E-state index contributed by atoms with van der Waals surface area (Å²) < 4.78 is 34.3. The van der Waals surface area contributed by atoms with Crippen molar-refractivity contribution in [3.05, 3.63) is 102 Å². The zero-order chi connectivity index (χ0) is 30.9. The lowest BCUT2D eigenvalue weighted by molar-refractivity contribution is 0.0608. The van der Waals surface area contributed by atoms with Gasteiger partial charge >= 0.3 is 6.09 Å². The van der Waals surface area contributed by atoms with Crippen molar-refractivity contribution in [1.29, 1.82) is 0 Å². The van der Waals surface area contributed by atoms with Crippen molar-refractivity contribution in [1.82, 2.24) is 14.1 Å². The fraction of sp³-hybridized carbons (Fsp3) is 0.457. The number of rotatable bonds is 13. The Kier molecular flexibility index (Phi) is 11.4. The molecule has 0 aliphatic carbocycles. The zero-order valence-electron chi connectivity index (χ0n) is 26.1. The molecule has 0 saturated carbocycles. The summed E-state index contributed by atoms with van der Waals surface area (Å²) in [5.41, 5.74) is 1.77. The minimum Gasteiger partial charge on any atom is -0.445 e. The fourth-order valence-corrected chi connectivity index (χ4v) is 7.56. The number of carbonyl (C=O) groups excluding carboxylic acids is 1. The Labute approximate surface area is 258 Å². The van der Waals surface area contributed by atoms with E-state index >= 15 is 0 Å². The first-order chi connectivity index (χ1) is 20.7. The molecule has 43 heavy (non-hydrogen) atoms. The fourth-order valence-electron chi connectivity index (χ4n) is 6.29. The van der Waals surface area contributed by atoms with Gasteiger partial charge in [0, 0.05) is 44.7 Å². The van der Waals surface area contributed by atoms with Crippen LogP contribution in [0.4, 0.5) is 4.79 Å². The predicted octanol–water partition coefficient (Wildman–Crippen LogP) is 6.41. The van der Waals surface area contributed by atoms with E-state index in [9.17, 15) is 13.2 Å². The molecule has 8 heteroatoms. The van der Waals surface area contributed by atoms with Gasteiger partial charge in [0.2, 0.25) is 10.0 Å². The summed E-state index contributed by atoms with van der Waals surface area (Å²) in [6.45, 7) is 10.3. The SMILES string of the molecule is CCN(C(=O)OCc1ccccc1)C1CCN(CCC(CN(C)S(=O)(=O)c2ccccc2)(c2ccccc2)C(C)C)CC1. The number of sulfonamides is 1. The quantitative estimate of drug-likeness (QED) is 0.225. The molecule has 232 valence electrons. The molecular formula is C35H47N3O4S. The molecule has 0 spiro atoms. The predicted molar refractivity (Wildman–Crippen MR) is 172 cm³/mol. The smallest absolute Gasteiger partial charge is 0.410 e. The highest BCUT2D eigenvalue weighted by molar-refractivity contribution is 7.89. The van der Waals surface area contributed by atoms with Gasteiger partial charge < -0.3 is 14.5 Å². The average molecular weight is 606 g/mol. The van der Waals surface area contributed by atoms with E-state index < -0.39 is 10.0 Å². The van der Waals surface area contributed by atoms with Crippen molar-refractivity contribution < 1.29 is 17.9 Å². The number of piperidine rings is 1. The standard InChI is InChI=1S/C35H47N3O4S/c1-5-38(34(39)42-27-30-15-9-6-10-16-30)32-21-24-37(25-22-32)26-23-35(29(2)3,31-17-11-7-12-18-31)28-36(4)43(40,41)33-19-13-8-14-20-33/h6-20,29,32H,5,21-28H2,1-4H3. The van der Waals surface area contributed by atoms with Crippen molar-refractivity contribution in [3.8, 4) is 0 Å². The number of amides is 1. The van der Waals surface area contributed by atoms with E-state index in [2.05, 4.69) is 30.9 Å². The Morgan fingerprint density at radius 3 is 2.05 bits per heavy atom. The van der Waals surface area contributed by atoms with Crippen molar-refractivity contribution in [2.45, 2.75) is 63.0 Å². The molecule has 7 nitrogen and oxygen atoms in total. The molecule has 3 aromatic carbocycles. The van der Waals surface area contributed by atoms with E-state index in [0.29, 0.717) is 18.0 Å².